The first-order valence-corrected chi connectivity index (χ1v) is 9.02. The van der Waals surface area contributed by atoms with Crippen LogP contribution < -0.4 is 5.32 Å². The maximum atomic E-state index is 12.6. The molecule has 0 heterocycles. The van der Waals surface area contributed by atoms with E-state index in [2.05, 4.69) is 5.32 Å². The number of anilines is 1. The Bertz CT molecular complexity index is 774. The molecule has 0 aromatic heterocycles. The highest BCUT2D eigenvalue weighted by molar-refractivity contribution is 5.91. The fraction of sp³-hybridized carbons (Fsp3) is 0.333. The summed E-state index contributed by atoms with van der Waals surface area (Å²) >= 11 is 0. The molecule has 0 aliphatic heterocycles. The van der Waals surface area contributed by atoms with Crippen LogP contribution in [0.5, 0.6) is 0 Å². The number of carbonyl (C=O) groups is 2. The van der Waals surface area contributed by atoms with E-state index in [4.69, 9.17) is 0 Å². The van der Waals surface area contributed by atoms with Crippen LogP contribution in [-0.4, -0.2) is 29.8 Å². The van der Waals surface area contributed by atoms with E-state index < -0.39 is 11.7 Å². The average Bonchev–Trinajstić information content (AvgIpc) is 2.64. The third kappa shape index (κ3) is 7.06. The van der Waals surface area contributed by atoms with Gasteiger partial charge in [0.05, 0.1) is 5.56 Å². The minimum Gasteiger partial charge on any atom is -0.342 e. The van der Waals surface area contributed by atoms with Gasteiger partial charge in [-0.05, 0) is 42.7 Å². The van der Waals surface area contributed by atoms with Crippen LogP contribution in [0.25, 0.3) is 0 Å². The van der Waals surface area contributed by atoms with Gasteiger partial charge in [-0.1, -0.05) is 30.3 Å². The monoisotopic (exact) mass is 392 g/mol. The van der Waals surface area contributed by atoms with Gasteiger partial charge in [-0.25, -0.2) is 0 Å². The first kappa shape index (κ1) is 21.5. The summed E-state index contributed by atoms with van der Waals surface area (Å²) < 4.78 is 37.7. The van der Waals surface area contributed by atoms with Crippen LogP contribution in [0.4, 0.5) is 18.9 Å². The van der Waals surface area contributed by atoms with Gasteiger partial charge in [-0.15, -0.1) is 0 Å². The van der Waals surface area contributed by atoms with E-state index in [1.165, 1.54) is 24.6 Å². The van der Waals surface area contributed by atoms with Crippen molar-refractivity contribution in [2.75, 3.05) is 18.4 Å². The highest BCUT2D eigenvalue weighted by atomic mass is 19.4. The molecule has 4 nitrogen and oxygen atoms in total. The molecule has 2 aromatic carbocycles. The van der Waals surface area contributed by atoms with Gasteiger partial charge in [0, 0.05) is 32.1 Å². The predicted molar refractivity (Wildman–Crippen MR) is 102 cm³/mol. The molecule has 1 N–H and O–H groups in total. The lowest BCUT2D eigenvalue weighted by molar-refractivity contribution is -0.137. The maximum absolute atomic E-state index is 12.6. The average molecular weight is 392 g/mol. The van der Waals surface area contributed by atoms with Crippen molar-refractivity contribution in [3.8, 4) is 0 Å². The summed E-state index contributed by atoms with van der Waals surface area (Å²) in [5.41, 5.74) is 0.703. The minimum atomic E-state index is -4.41. The van der Waals surface area contributed by atoms with Crippen molar-refractivity contribution in [2.45, 2.75) is 32.4 Å². The van der Waals surface area contributed by atoms with Gasteiger partial charge in [0.2, 0.25) is 11.8 Å². The van der Waals surface area contributed by atoms with E-state index in [0.29, 0.717) is 6.54 Å². The molecule has 0 bridgehead atoms. The molecular formula is C21H23F3N2O2. The summed E-state index contributed by atoms with van der Waals surface area (Å²) in [6.45, 7) is 2.25. The molecular weight excluding hydrogens is 369 g/mol. The van der Waals surface area contributed by atoms with Crippen LogP contribution in [0.3, 0.4) is 0 Å². The Morgan fingerprint density at radius 1 is 0.964 bits per heavy atom. The third-order valence-corrected chi connectivity index (χ3v) is 4.29. The summed E-state index contributed by atoms with van der Waals surface area (Å²) in [5, 5.41) is 2.55. The number of aryl methyl sites for hydroxylation is 1. The van der Waals surface area contributed by atoms with Gasteiger partial charge >= 0.3 is 6.18 Å². The Kier molecular flexibility index (Phi) is 7.61. The zero-order chi connectivity index (χ0) is 20.6. The largest absolute Gasteiger partial charge is 0.416 e. The van der Waals surface area contributed by atoms with Crippen LogP contribution >= 0.6 is 0 Å². The fourth-order valence-corrected chi connectivity index (χ4v) is 2.75. The molecule has 0 atom stereocenters. The summed E-state index contributed by atoms with van der Waals surface area (Å²) in [4.78, 5) is 25.4. The SMILES string of the molecule is CC(=O)N(CCCc1ccccc1)CCC(=O)Nc1ccc(C(F)(F)F)cc1. The maximum Gasteiger partial charge on any atom is 0.416 e. The number of carbonyl (C=O) groups excluding carboxylic acids is 2. The lowest BCUT2D eigenvalue weighted by atomic mass is 10.1. The molecule has 0 radical (unpaired) electrons. The zero-order valence-corrected chi connectivity index (χ0v) is 15.6. The third-order valence-electron chi connectivity index (χ3n) is 4.29. The molecule has 2 rings (SSSR count). The van der Waals surface area contributed by atoms with E-state index >= 15 is 0 Å². The highest BCUT2D eigenvalue weighted by Crippen LogP contribution is 2.29. The second kappa shape index (κ2) is 9.92. The molecule has 0 aliphatic rings. The van der Waals surface area contributed by atoms with Crippen LogP contribution in [-0.2, 0) is 22.2 Å². The van der Waals surface area contributed by atoms with E-state index in [1.807, 2.05) is 30.3 Å². The van der Waals surface area contributed by atoms with Crippen LogP contribution in [0.15, 0.2) is 54.6 Å². The van der Waals surface area contributed by atoms with Crippen LogP contribution in [0.2, 0.25) is 0 Å². The second-order valence-corrected chi connectivity index (χ2v) is 6.47. The van der Waals surface area contributed by atoms with Crippen LogP contribution in [0.1, 0.15) is 30.9 Å². The zero-order valence-electron chi connectivity index (χ0n) is 15.6. The standard InChI is InChI=1S/C21H23F3N2O2/c1-16(27)26(14-5-8-17-6-3-2-4-7-17)15-13-20(28)25-19-11-9-18(10-12-19)21(22,23)24/h2-4,6-7,9-12H,5,8,13-15H2,1H3,(H,25,28). The van der Waals surface area contributed by atoms with Gasteiger partial charge in [-0.3, -0.25) is 9.59 Å². The van der Waals surface area contributed by atoms with Crippen molar-refractivity contribution >= 4 is 17.5 Å². The Balaban J connectivity index is 1.79. The number of hydrogen-bond acceptors (Lipinski definition) is 2. The van der Waals surface area contributed by atoms with Gasteiger partial charge < -0.3 is 10.2 Å². The molecule has 28 heavy (non-hydrogen) atoms. The van der Waals surface area contributed by atoms with Crippen molar-refractivity contribution < 1.29 is 22.8 Å². The fourth-order valence-electron chi connectivity index (χ4n) is 2.75. The highest BCUT2D eigenvalue weighted by Gasteiger charge is 2.29. The van der Waals surface area contributed by atoms with E-state index in [0.717, 1.165) is 25.0 Å². The molecule has 2 aromatic rings. The van der Waals surface area contributed by atoms with Crippen molar-refractivity contribution in [3.05, 3.63) is 65.7 Å². The second-order valence-electron chi connectivity index (χ2n) is 6.47. The molecule has 0 saturated heterocycles. The number of hydrogen-bond donors (Lipinski definition) is 1. The molecule has 0 unspecified atom stereocenters. The Hall–Kier alpha value is -2.83. The summed E-state index contributed by atoms with van der Waals surface area (Å²) in [6, 6.07) is 14.2. The number of halogens is 3. The Morgan fingerprint density at radius 3 is 2.18 bits per heavy atom. The van der Waals surface area contributed by atoms with Crippen LogP contribution in [0, 0.1) is 0 Å². The van der Waals surface area contributed by atoms with Crippen molar-refractivity contribution in [2.24, 2.45) is 0 Å². The smallest absolute Gasteiger partial charge is 0.342 e. The lowest BCUT2D eigenvalue weighted by Gasteiger charge is -2.21. The van der Waals surface area contributed by atoms with Crippen molar-refractivity contribution in [3.63, 3.8) is 0 Å². The van der Waals surface area contributed by atoms with Gasteiger partial charge in [0.25, 0.3) is 0 Å². The first-order valence-electron chi connectivity index (χ1n) is 9.02. The quantitative estimate of drug-likeness (QED) is 0.718. The molecule has 0 fully saturated rings. The minimum absolute atomic E-state index is 0.0753. The molecule has 0 aliphatic carbocycles. The molecule has 7 heteroatoms. The number of alkyl halides is 3. The number of nitrogens with zero attached hydrogens (tertiary/aromatic N) is 1. The molecule has 0 saturated carbocycles. The number of nitrogens with one attached hydrogen (secondary N) is 1. The lowest BCUT2D eigenvalue weighted by Crippen LogP contribution is -2.33. The van der Waals surface area contributed by atoms with Gasteiger partial charge in [0.15, 0.2) is 0 Å². The normalized spacial score (nSPS) is 11.1. The number of benzene rings is 2. The van der Waals surface area contributed by atoms with E-state index in [9.17, 15) is 22.8 Å². The first-order chi connectivity index (χ1) is 13.3. The number of amides is 2. The van der Waals surface area contributed by atoms with Crippen molar-refractivity contribution in [1.82, 2.24) is 4.90 Å². The number of rotatable bonds is 8. The van der Waals surface area contributed by atoms with E-state index in [-0.39, 0.29) is 30.5 Å². The molecule has 150 valence electrons. The predicted octanol–water partition coefficient (Wildman–Crippen LogP) is 4.52. The van der Waals surface area contributed by atoms with Crippen molar-refractivity contribution in [1.29, 1.82) is 0 Å². The van der Waals surface area contributed by atoms with Gasteiger partial charge in [0.1, 0.15) is 0 Å². The summed E-state index contributed by atoms with van der Waals surface area (Å²) in [7, 11) is 0. The topological polar surface area (TPSA) is 49.4 Å². The Morgan fingerprint density at radius 2 is 1.61 bits per heavy atom. The summed E-state index contributed by atoms with van der Waals surface area (Å²) in [5.74, 6) is -0.468. The van der Waals surface area contributed by atoms with Gasteiger partial charge in [-0.2, -0.15) is 13.2 Å². The molecule has 0 spiro atoms. The summed E-state index contributed by atoms with van der Waals surface area (Å²) in [6.07, 6.45) is -2.72. The molecule has 2 amide bonds. The van der Waals surface area contributed by atoms with E-state index in [1.54, 1.807) is 4.90 Å². The Labute approximate surface area is 162 Å².